The highest BCUT2D eigenvalue weighted by Gasteiger charge is 2.41. The first-order valence-corrected chi connectivity index (χ1v) is 7.24. The molecule has 0 aliphatic heterocycles. The third-order valence-corrected chi connectivity index (χ3v) is 3.79. The Hall–Kier alpha value is -1.20. The number of carbonyl (C=O) groups is 2. The van der Waals surface area contributed by atoms with Crippen molar-refractivity contribution >= 4 is 11.8 Å². The third-order valence-electron chi connectivity index (χ3n) is 3.79. The minimum Gasteiger partial charge on any atom is -0.481 e. The highest BCUT2D eigenvalue weighted by atomic mass is 16.4. The van der Waals surface area contributed by atoms with E-state index >= 15 is 0 Å². The lowest BCUT2D eigenvalue weighted by molar-refractivity contribution is -0.140. The van der Waals surface area contributed by atoms with Crippen molar-refractivity contribution in [3.8, 4) is 0 Å². The first kappa shape index (κ1) is 16.9. The Morgan fingerprint density at radius 1 is 1.45 bits per heavy atom. The fourth-order valence-electron chi connectivity index (χ4n) is 2.63. The molecule has 1 saturated carbocycles. The molecule has 1 aliphatic carbocycles. The van der Waals surface area contributed by atoms with Gasteiger partial charge in [-0.2, -0.15) is 0 Å². The fourth-order valence-corrected chi connectivity index (χ4v) is 2.63. The largest absolute Gasteiger partial charge is 0.481 e. The summed E-state index contributed by atoms with van der Waals surface area (Å²) in [4.78, 5) is 22.4. The molecule has 4 atom stereocenters. The number of carboxylic acids is 1. The predicted octanol–water partition coefficient (Wildman–Crippen LogP) is 1.52. The van der Waals surface area contributed by atoms with Gasteiger partial charge in [0.05, 0.1) is 18.6 Å². The van der Waals surface area contributed by atoms with E-state index in [-0.39, 0.29) is 18.6 Å². The van der Waals surface area contributed by atoms with E-state index in [2.05, 4.69) is 6.92 Å². The maximum atomic E-state index is 11.7. The molecule has 0 aromatic carbocycles. The second-order valence-corrected chi connectivity index (χ2v) is 5.47. The summed E-state index contributed by atoms with van der Waals surface area (Å²) in [7, 11) is 0. The molecule has 0 saturated heterocycles. The number of aliphatic hydroxyl groups excluding tert-OH is 2. The van der Waals surface area contributed by atoms with Gasteiger partial charge >= 0.3 is 5.97 Å². The van der Waals surface area contributed by atoms with Gasteiger partial charge in [-0.3, -0.25) is 9.59 Å². The van der Waals surface area contributed by atoms with Crippen molar-refractivity contribution in [3.05, 3.63) is 12.2 Å². The summed E-state index contributed by atoms with van der Waals surface area (Å²) in [6.07, 6.45) is 5.18. The number of carboxylic acid groups (broad SMARTS) is 1. The van der Waals surface area contributed by atoms with Crippen molar-refractivity contribution in [1.82, 2.24) is 0 Å². The summed E-state index contributed by atoms with van der Waals surface area (Å²) in [5.74, 6) is -2.43. The number of aliphatic carboxylic acids is 1. The summed E-state index contributed by atoms with van der Waals surface area (Å²) < 4.78 is 0. The molecule has 0 unspecified atom stereocenters. The van der Waals surface area contributed by atoms with Crippen LogP contribution in [-0.2, 0) is 9.59 Å². The Bertz CT molecular complexity index is 363. The highest BCUT2D eigenvalue weighted by Crippen LogP contribution is 2.33. The van der Waals surface area contributed by atoms with Crippen molar-refractivity contribution in [2.45, 2.75) is 57.7 Å². The van der Waals surface area contributed by atoms with Gasteiger partial charge < -0.3 is 15.3 Å². The molecule has 114 valence electrons. The second kappa shape index (κ2) is 8.17. The quantitative estimate of drug-likeness (QED) is 0.464. The molecule has 0 aromatic heterocycles. The van der Waals surface area contributed by atoms with E-state index in [0.717, 1.165) is 19.3 Å². The van der Waals surface area contributed by atoms with E-state index in [1.807, 2.05) is 0 Å². The van der Waals surface area contributed by atoms with Crippen LogP contribution in [0.4, 0.5) is 0 Å². The Labute approximate surface area is 119 Å². The summed E-state index contributed by atoms with van der Waals surface area (Å²) in [5.41, 5.74) is 0. The number of hydrogen-bond donors (Lipinski definition) is 3. The van der Waals surface area contributed by atoms with Crippen molar-refractivity contribution in [3.63, 3.8) is 0 Å². The van der Waals surface area contributed by atoms with Crippen LogP contribution in [0.2, 0.25) is 0 Å². The van der Waals surface area contributed by atoms with E-state index in [9.17, 15) is 19.8 Å². The molecule has 0 amide bonds. The van der Waals surface area contributed by atoms with Crippen molar-refractivity contribution < 1.29 is 24.9 Å². The molecule has 0 spiro atoms. The van der Waals surface area contributed by atoms with Crippen LogP contribution in [-0.4, -0.2) is 39.3 Å². The molecular weight excluding hydrogens is 260 g/mol. The number of ketones is 1. The smallest absolute Gasteiger partial charge is 0.304 e. The maximum Gasteiger partial charge on any atom is 0.304 e. The van der Waals surface area contributed by atoms with Gasteiger partial charge in [-0.05, 0) is 6.42 Å². The van der Waals surface area contributed by atoms with Crippen LogP contribution in [0, 0.1) is 11.8 Å². The molecule has 1 rings (SSSR count). The van der Waals surface area contributed by atoms with Crippen molar-refractivity contribution in [1.29, 1.82) is 0 Å². The van der Waals surface area contributed by atoms with E-state index in [1.165, 1.54) is 0 Å². The fraction of sp³-hybridized carbons (Fsp3) is 0.733. The molecule has 1 fully saturated rings. The summed E-state index contributed by atoms with van der Waals surface area (Å²) in [6.45, 7) is 2.08. The Balaban J connectivity index is 2.57. The average molecular weight is 284 g/mol. The number of Topliss-reactive ketones (excluding diaryl/α,β-unsaturated/α-hetero) is 1. The van der Waals surface area contributed by atoms with Crippen molar-refractivity contribution in [2.75, 3.05) is 0 Å². The highest BCUT2D eigenvalue weighted by molar-refractivity contribution is 5.88. The van der Waals surface area contributed by atoms with Gasteiger partial charge in [-0.15, -0.1) is 0 Å². The van der Waals surface area contributed by atoms with Gasteiger partial charge in [0.25, 0.3) is 0 Å². The summed E-state index contributed by atoms with van der Waals surface area (Å²) in [5, 5.41) is 28.4. The van der Waals surface area contributed by atoms with E-state index in [0.29, 0.717) is 6.42 Å². The lowest BCUT2D eigenvalue weighted by Crippen LogP contribution is -2.21. The molecule has 0 heterocycles. The molecule has 5 nitrogen and oxygen atoms in total. The predicted molar refractivity (Wildman–Crippen MR) is 74.2 cm³/mol. The van der Waals surface area contributed by atoms with Gasteiger partial charge in [0.2, 0.25) is 0 Å². The summed E-state index contributed by atoms with van der Waals surface area (Å²) in [6, 6.07) is 0. The topological polar surface area (TPSA) is 94.8 Å². The van der Waals surface area contributed by atoms with Crippen LogP contribution in [0.3, 0.4) is 0 Å². The van der Waals surface area contributed by atoms with E-state index in [4.69, 9.17) is 5.11 Å². The average Bonchev–Trinajstić information content (AvgIpc) is 2.62. The normalized spacial score (nSPS) is 28.1. The zero-order valence-electron chi connectivity index (χ0n) is 11.9. The van der Waals surface area contributed by atoms with E-state index < -0.39 is 30.0 Å². The molecule has 0 bridgehead atoms. The van der Waals surface area contributed by atoms with Crippen LogP contribution in [0.25, 0.3) is 0 Å². The Morgan fingerprint density at radius 3 is 2.75 bits per heavy atom. The van der Waals surface area contributed by atoms with Crippen LogP contribution in [0.5, 0.6) is 0 Å². The van der Waals surface area contributed by atoms with Gasteiger partial charge in [-0.1, -0.05) is 38.3 Å². The monoisotopic (exact) mass is 284 g/mol. The molecule has 1 aliphatic rings. The molecular formula is C15H24O5. The lowest BCUT2D eigenvalue weighted by atomic mass is 9.90. The molecule has 3 N–H and O–H groups in total. The van der Waals surface area contributed by atoms with Crippen molar-refractivity contribution in [2.24, 2.45) is 11.8 Å². The zero-order valence-corrected chi connectivity index (χ0v) is 11.9. The Kier molecular flexibility index (Phi) is 6.88. The molecule has 0 aromatic rings. The number of hydrogen-bond acceptors (Lipinski definition) is 4. The minimum atomic E-state index is -1.04. The number of rotatable bonds is 8. The maximum absolute atomic E-state index is 11.7. The molecule has 20 heavy (non-hydrogen) atoms. The van der Waals surface area contributed by atoms with E-state index in [1.54, 1.807) is 12.2 Å². The number of unbranched alkanes of at least 4 members (excludes halogenated alkanes) is 2. The van der Waals surface area contributed by atoms with Crippen LogP contribution in [0.15, 0.2) is 12.2 Å². The van der Waals surface area contributed by atoms with Gasteiger partial charge in [0.15, 0.2) is 0 Å². The molecule has 5 heteroatoms. The van der Waals surface area contributed by atoms with Gasteiger partial charge in [-0.25, -0.2) is 0 Å². The van der Waals surface area contributed by atoms with Crippen LogP contribution >= 0.6 is 0 Å². The van der Waals surface area contributed by atoms with Gasteiger partial charge in [0, 0.05) is 18.3 Å². The third kappa shape index (κ3) is 5.06. The lowest BCUT2D eigenvalue weighted by Gasteiger charge is -2.16. The SMILES string of the molecule is CCCCC[C@H](O)C=C[C@H]1[C@H](CC(=O)O)C(=O)C[C@@H]1O. The number of aliphatic hydroxyl groups is 2. The standard InChI is InChI=1S/C15H24O5/c1-2-3-4-5-10(16)6-7-11-12(8-15(19)20)14(18)9-13(11)17/h6-7,10-13,16-17H,2-5,8-9H2,1H3,(H,19,20)/t10-,11-,12-,13-/m0/s1. The van der Waals surface area contributed by atoms with Crippen LogP contribution in [0.1, 0.15) is 45.4 Å². The number of carbonyl (C=O) groups excluding carboxylic acids is 1. The molecule has 0 radical (unpaired) electrons. The Morgan fingerprint density at radius 2 is 2.15 bits per heavy atom. The second-order valence-electron chi connectivity index (χ2n) is 5.47. The first-order chi connectivity index (χ1) is 9.45. The van der Waals surface area contributed by atoms with Gasteiger partial charge in [0.1, 0.15) is 5.78 Å². The van der Waals surface area contributed by atoms with Crippen LogP contribution < -0.4 is 0 Å². The first-order valence-electron chi connectivity index (χ1n) is 7.24. The summed E-state index contributed by atoms with van der Waals surface area (Å²) >= 11 is 0. The zero-order chi connectivity index (χ0) is 15.1. The minimum absolute atomic E-state index is 0.00111.